The van der Waals surface area contributed by atoms with Crippen molar-refractivity contribution in [1.29, 1.82) is 0 Å². The minimum Gasteiger partial charge on any atom is -0.307 e. The van der Waals surface area contributed by atoms with Crippen LogP contribution >= 0.6 is 11.6 Å². The van der Waals surface area contributed by atoms with E-state index in [1.807, 2.05) is 29.8 Å². The number of halogens is 1. The van der Waals surface area contributed by atoms with Gasteiger partial charge in [0.05, 0.1) is 12.6 Å². The predicted molar refractivity (Wildman–Crippen MR) is 79.9 cm³/mol. The second kappa shape index (κ2) is 5.94. The number of piperidine rings is 1. The maximum Gasteiger partial charge on any atom is 0.147 e. The van der Waals surface area contributed by atoms with Crippen LogP contribution in [0.2, 0.25) is 5.02 Å². The average Bonchev–Trinajstić information content (AvgIpc) is 2.80. The van der Waals surface area contributed by atoms with E-state index in [0.717, 1.165) is 41.7 Å². The Bertz CT molecular complexity index is 587. The van der Waals surface area contributed by atoms with Gasteiger partial charge in [-0.2, -0.15) is 5.10 Å². The first kappa shape index (κ1) is 13.6. The molecule has 0 saturated carbocycles. The zero-order valence-corrected chi connectivity index (χ0v) is 12.4. The van der Waals surface area contributed by atoms with Gasteiger partial charge in [0.2, 0.25) is 0 Å². The molecule has 0 spiro atoms. The predicted octanol–water partition coefficient (Wildman–Crippen LogP) is 3.10. The van der Waals surface area contributed by atoms with Gasteiger partial charge in [0.1, 0.15) is 11.6 Å². The minimum absolute atomic E-state index is 0.323. The van der Waals surface area contributed by atoms with Crippen molar-refractivity contribution >= 4 is 11.6 Å². The Morgan fingerprint density at radius 3 is 3.05 bits per heavy atom. The first-order chi connectivity index (χ1) is 9.72. The zero-order chi connectivity index (χ0) is 13.9. The number of aryl methyl sites for hydroxylation is 1. The third-order valence-corrected chi connectivity index (χ3v) is 3.88. The number of rotatable bonds is 3. The van der Waals surface area contributed by atoms with E-state index in [0.29, 0.717) is 6.04 Å². The van der Waals surface area contributed by atoms with E-state index in [1.165, 1.54) is 12.8 Å². The first-order valence-corrected chi connectivity index (χ1v) is 7.49. The summed E-state index contributed by atoms with van der Waals surface area (Å²) in [5.41, 5.74) is 1.15. The molecule has 0 bridgehead atoms. The van der Waals surface area contributed by atoms with Gasteiger partial charge in [-0.05, 0) is 44.0 Å². The summed E-state index contributed by atoms with van der Waals surface area (Å²) in [5, 5.41) is 8.83. The van der Waals surface area contributed by atoms with Gasteiger partial charge < -0.3 is 5.32 Å². The van der Waals surface area contributed by atoms with Crippen molar-refractivity contribution in [1.82, 2.24) is 20.1 Å². The van der Waals surface area contributed by atoms with E-state index in [9.17, 15) is 0 Å². The van der Waals surface area contributed by atoms with Crippen LogP contribution in [0.5, 0.6) is 0 Å². The minimum atomic E-state index is 0.323. The van der Waals surface area contributed by atoms with Gasteiger partial charge in [-0.25, -0.2) is 9.67 Å². The highest BCUT2D eigenvalue weighted by atomic mass is 35.5. The smallest absolute Gasteiger partial charge is 0.147 e. The van der Waals surface area contributed by atoms with Crippen LogP contribution in [-0.2, 0) is 6.54 Å². The summed E-state index contributed by atoms with van der Waals surface area (Å²) < 4.78 is 2.00. The van der Waals surface area contributed by atoms with Crippen molar-refractivity contribution in [3.8, 4) is 0 Å². The van der Waals surface area contributed by atoms with Gasteiger partial charge in [0, 0.05) is 5.02 Å². The molecular weight excluding hydrogens is 272 g/mol. The number of hydrogen-bond donors (Lipinski definition) is 1. The lowest BCUT2D eigenvalue weighted by molar-refractivity contribution is 0.382. The zero-order valence-electron chi connectivity index (χ0n) is 11.6. The average molecular weight is 291 g/mol. The number of hydrogen-bond acceptors (Lipinski definition) is 3. The van der Waals surface area contributed by atoms with Crippen molar-refractivity contribution in [2.75, 3.05) is 6.54 Å². The van der Waals surface area contributed by atoms with Gasteiger partial charge in [-0.15, -0.1) is 0 Å². The molecule has 1 atom stereocenters. The molecule has 0 unspecified atom stereocenters. The third kappa shape index (κ3) is 3.02. The van der Waals surface area contributed by atoms with Crippen molar-refractivity contribution < 1.29 is 0 Å². The fraction of sp³-hybridized carbons (Fsp3) is 0.467. The Morgan fingerprint density at radius 2 is 2.30 bits per heavy atom. The Morgan fingerprint density at radius 1 is 1.40 bits per heavy atom. The number of aromatic nitrogens is 3. The van der Waals surface area contributed by atoms with Gasteiger partial charge in [-0.1, -0.05) is 30.2 Å². The maximum absolute atomic E-state index is 6.05. The van der Waals surface area contributed by atoms with Gasteiger partial charge in [-0.3, -0.25) is 0 Å². The van der Waals surface area contributed by atoms with E-state index in [-0.39, 0.29) is 0 Å². The molecule has 0 amide bonds. The molecule has 106 valence electrons. The van der Waals surface area contributed by atoms with E-state index >= 15 is 0 Å². The van der Waals surface area contributed by atoms with Crippen LogP contribution in [0.3, 0.4) is 0 Å². The molecule has 4 nitrogen and oxygen atoms in total. The number of nitrogens with zero attached hydrogens (tertiary/aromatic N) is 3. The summed E-state index contributed by atoms with van der Waals surface area (Å²) in [6, 6.07) is 8.24. The lowest BCUT2D eigenvalue weighted by atomic mass is 10.0. The molecule has 2 aromatic rings. The Hall–Kier alpha value is -1.39. The van der Waals surface area contributed by atoms with E-state index in [1.54, 1.807) is 0 Å². The van der Waals surface area contributed by atoms with E-state index < -0.39 is 0 Å². The highest BCUT2D eigenvalue weighted by Gasteiger charge is 2.21. The lowest BCUT2D eigenvalue weighted by Gasteiger charge is -2.23. The number of benzene rings is 1. The van der Waals surface area contributed by atoms with Crippen LogP contribution in [0.1, 0.15) is 42.5 Å². The summed E-state index contributed by atoms with van der Waals surface area (Å²) in [5.74, 6) is 1.87. The molecule has 0 radical (unpaired) electrons. The molecule has 1 aromatic heterocycles. The van der Waals surface area contributed by atoms with Crippen molar-refractivity contribution in [2.45, 2.75) is 38.8 Å². The highest BCUT2D eigenvalue weighted by Crippen LogP contribution is 2.22. The maximum atomic E-state index is 6.05. The summed E-state index contributed by atoms with van der Waals surface area (Å²) >= 11 is 6.05. The Labute approximate surface area is 124 Å². The van der Waals surface area contributed by atoms with Crippen molar-refractivity contribution in [3.63, 3.8) is 0 Å². The molecule has 2 heterocycles. The molecule has 5 heteroatoms. The molecular formula is C15H19ClN4. The fourth-order valence-electron chi connectivity index (χ4n) is 2.73. The lowest BCUT2D eigenvalue weighted by Crippen LogP contribution is -2.29. The third-order valence-electron chi connectivity index (χ3n) is 3.65. The van der Waals surface area contributed by atoms with Gasteiger partial charge in [0.25, 0.3) is 0 Å². The highest BCUT2D eigenvalue weighted by molar-refractivity contribution is 6.30. The summed E-state index contributed by atoms with van der Waals surface area (Å²) in [7, 11) is 0. The Kier molecular flexibility index (Phi) is 4.03. The van der Waals surface area contributed by atoms with Crippen LogP contribution in [0.15, 0.2) is 24.3 Å². The van der Waals surface area contributed by atoms with Crippen molar-refractivity contribution in [2.24, 2.45) is 0 Å². The standard InChI is InChI=1S/C15H19ClN4/c1-11-18-15(14-7-2-3-8-17-14)20(19-11)10-12-5-4-6-13(16)9-12/h4-6,9,14,17H,2-3,7-8,10H2,1H3/t14-/m0/s1. The summed E-state index contributed by atoms with van der Waals surface area (Å²) in [6.07, 6.45) is 3.63. The van der Waals surface area contributed by atoms with Gasteiger partial charge >= 0.3 is 0 Å². The molecule has 20 heavy (non-hydrogen) atoms. The quantitative estimate of drug-likeness (QED) is 0.944. The molecule has 1 aliphatic rings. The fourth-order valence-corrected chi connectivity index (χ4v) is 2.94. The van der Waals surface area contributed by atoms with Crippen LogP contribution in [0.4, 0.5) is 0 Å². The van der Waals surface area contributed by atoms with Crippen LogP contribution in [-0.4, -0.2) is 21.3 Å². The second-order valence-electron chi connectivity index (χ2n) is 5.31. The second-order valence-corrected chi connectivity index (χ2v) is 5.74. The van der Waals surface area contributed by atoms with Crippen LogP contribution in [0, 0.1) is 6.92 Å². The molecule has 1 N–H and O–H groups in total. The molecule has 1 fully saturated rings. The van der Waals surface area contributed by atoms with Gasteiger partial charge in [0.15, 0.2) is 0 Å². The molecule has 1 aliphatic heterocycles. The Balaban J connectivity index is 1.85. The van der Waals surface area contributed by atoms with Crippen LogP contribution in [0.25, 0.3) is 0 Å². The first-order valence-electron chi connectivity index (χ1n) is 7.11. The monoisotopic (exact) mass is 290 g/mol. The largest absolute Gasteiger partial charge is 0.307 e. The molecule has 3 rings (SSSR count). The topological polar surface area (TPSA) is 42.7 Å². The SMILES string of the molecule is Cc1nc([C@@H]2CCCCN2)n(Cc2cccc(Cl)c2)n1. The summed E-state index contributed by atoms with van der Waals surface area (Å²) in [6.45, 7) is 3.73. The van der Waals surface area contributed by atoms with E-state index in [4.69, 9.17) is 11.6 Å². The van der Waals surface area contributed by atoms with Crippen molar-refractivity contribution in [3.05, 3.63) is 46.5 Å². The number of nitrogens with one attached hydrogen (secondary N) is 1. The normalized spacial score (nSPS) is 19.2. The summed E-state index contributed by atoms with van der Waals surface area (Å²) in [4.78, 5) is 4.61. The van der Waals surface area contributed by atoms with E-state index in [2.05, 4.69) is 21.5 Å². The molecule has 0 aliphatic carbocycles. The molecule has 1 aromatic carbocycles. The van der Waals surface area contributed by atoms with Crippen LogP contribution < -0.4 is 5.32 Å². The molecule has 1 saturated heterocycles.